The molecule has 7 nitrogen and oxygen atoms in total. The predicted molar refractivity (Wildman–Crippen MR) is 120 cm³/mol. The zero-order valence-electron chi connectivity index (χ0n) is 17.0. The molecule has 1 N–H and O–H groups in total. The van der Waals surface area contributed by atoms with E-state index in [0.29, 0.717) is 5.16 Å². The Balaban J connectivity index is 1.49. The minimum atomic E-state index is -0.0905. The maximum absolute atomic E-state index is 12.5. The van der Waals surface area contributed by atoms with Crippen LogP contribution in [0.3, 0.4) is 0 Å². The summed E-state index contributed by atoms with van der Waals surface area (Å²) in [7, 11) is 1.62. The number of nitrogens with one attached hydrogen (secondary N) is 1. The molecule has 4 rings (SSSR count). The molecule has 0 unspecified atom stereocenters. The molecular weight excluding hydrogens is 398 g/mol. The third-order valence-electron chi connectivity index (χ3n) is 4.98. The van der Waals surface area contributed by atoms with Gasteiger partial charge in [-0.3, -0.25) is 9.36 Å². The molecule has 0 bridgehead atoms. The molecular formula is C22H25N5O2S. The van der Waals surface area contributed by atoms with Crippen LogP contribution in [0.25, 0.3) is 5.69 Å². The Bertz CT molecular complexity index is 969. The van der Waals surface area contributed by atoms with Gasteiger partial charge in [-0.1, -0.05) is 30.0 Å². The van der Waals surface area contributed by atoms with Crippen LogP contribution in [-0.2, 0) is 4.79 Å². The van der Waals surface area contributed by atoms with Crippen molar-refractivity contribution in [3.63, 3.8) is 0 Å². The van der Waals surface area contributed by atoms with E-state index in [1.807, 2.05) is 54.6 Å². The summed E-state index contributed by atoms with van der Waals surface area (Å²) in [5.41, 5.74) is 1.74. The fraction of sp³-hybridized carbons (Fsp3) is 0.318. The highest BCUT2D eigenvalue weighted by Gasteiger charge is 2.22. The lowest BCUT2D eigenvalue weighted by molar-refractivity contribution is -0.113. The van der Waals surface area contributed by atoms with E-state index in [1.165, 1.54) is 18.2 Å². The van der Waals surface area contributed by atoms with Gasteiger partial charge < -0.3 is 15.0 Å². The van der Waals surface area contributed by atoms with E-state index >= 15 is 0 Å². The number of benzene rings is 2. The molecule has 0 aliphatic carbocycles. The van der Waals surface area contributed by atoms with E-state index < -0.39 is 0 Å². The average Bonchev–Trinajstić information content (AvgIpc) is 3.23. The minimum Gasteiger partial charge on any atom is -0.497 e. The van der Waals surface area contributed by atoms with E-state index in [2.05, 4.69) is 25.0 Å². The first-order valence-corrected chi connectivity index (χ1v) is 11.1. The number of rotatable bonds is 7. The number of para-hydroxylation sites is 1. The number of hydrogen-bond donors (Lipinski definition) is 1. The molecule has 156 valence electrons. The number of hydrogen-bond acceptors (Lipinski definition) is 6. The van der Waals surface area contributed by atoms with Crippen LogP contribution >= 0.6 is 11.8 Å². The first kappa shape index (κ1) is 20.3. The van der Waals surface area contributed by atoms with Crippen molar-refractivity contribution in [1.82, 2.24) is 14.8 Å². The van der Waals surface area contributed by atoms with Gasteiger partial charge in [-0.25, -0.2) is 0 Å². The monoisotopic (exact) mass is 423 g/mol. The third kappa shape index (κ3) is 4.76. The van der Waals surface area contributed by atoms with Crippen LogP contribution in [0.4, 0.5) is 11.6 Å². The Labute approximate surface area is 180 Å². The van der Waals surface area contributed by atoms with Gasteiger partial charge >= 0.3 is 0 Å². The van der Waals surface area contributed by atoms with Crippen molar-refractivity contribution in [3.05, 3.63) is 54.6 Å². The first-order valence-electron chi connectivity index (χ1n) is 10.1. The van der Waals surface area contributed by atoms with Gasteiger partial charge in [-0.2, -0.15) is 0 Å². The number of nitrogens with zero attached hydrogens (tertiary/aromatic N) is 4. The quantitative estimate of drug-likeness (QED) is 0.579. The number of piperidine rings is 1. The summed E-state index contributed by atoms with van der Waals surface area (Å²) in [6.07, 6.45) is 3.58. The Morgan fingerprint density at radius 3 is 2.47 bits per heavy atom. The van der Waals surface area contributed by atoms with Crippen molar-refractivity contribution in [3.8, 4) is 11.4 Å². The van der Waals surface area contributed by atoms with Gasteiger partial charge in [0.25, 0.3) is 0 Å². The SMILES string of the molecule is COc1ccc(NC(=O)CSc2nnc(N3CCCCC3)n2-c2ccccc2)cc1. The molecule has 1 aromatic heterocycles. The van der Waals surface area contributed by atoms with Gasteiger partial charge in [-0.15, -0.1) is 10.2 Å². The molecule has 1 saturated heterocycles. The van der Waals surface area contributed by atoms with E-state index in [9.17, 15) is 4.79 Å². The standard InChI is InChI=1S/C22H25N5O2S/c1-29-19-12-10-17(11-13-19)23-20(28)16-30-22-25-24-21(26-14-6-3-7-15-26)27(22)18-8-4-2-5-9-18/h2,4-5,8-13H,3,6-7,14-16H2,1H3,(H,23,28). The Morgan fingerprint density at radius 1 is 1.03 bits per heavy atom. The second kappa shape index (κ2) is 9.67. The molecule has 1 fully saturated rings. The minimum absolute atomic E-state index is 0.0905. The number of amides is 1. The summed E-state index contributed by atoms with van der Waals surface area (Å²) >= 11 is 1.39. The lowest BCUT2D eigenvalue weighted by atomic mass is 10.1. The van der Waals surface area contributed by atoms with Crippen molar-refractivity contribution in [1.29, 1.82) is 0 Å². The van der Waals surface area contributed by atoms with Crippen LogP contribution in [0.2, 0.25) is 0 Å². The van der Waals surface area contributed by atoms with Crippen LogP contribution in [0, 0.1) is 0 Å². The number of anilines is 2. The van der Waals surface area contributed by atoms with Gasteiger partial charge in [0.2, 0.25) is 11.9 Å². The van der Waals surface area contributed by atoms with E-state index in [1.54, 1.807) is 7.11 Å². The molecule has 2 aromatic carbocycles. The zero-order chi connectivity index (χ0) is 20.8. The van der Waals surface area contributed by atoms with Crippen molar-refractivity contribution in [2.75, 3.05) is 36.2 Å². The lowest BCUT2D eigenvalue weighted by Crippen LogP contribution is -2.31. The second-order valence-corrected chi connectivity index (χ2v) is 8.01. The summed E-state index contributed by atoms with van der Waals surface area (Å²) in [5, 5.41) is 12.5. The van der Waals surface area contributed by atoms with E-state index in [4.69, 9.17) is 4.74 Å². The largest absolute Gasteiger partial charge is 0.497 e. The first-order chi connectivity index (χ1) is 14.7. The number of ether oxygens (including phenoxy) is 1. The maximum Gasteiger partial charge on any atom is 0.234 e. The number of carbonyl (C=O) groups is 1. The molecule has 8 heteroatoms. The molecule has 1 amide bonds. The maximum atomic E-state index is 12.5. The molecule has 2 heterocycles. The van der Waals surface area contributed by atoms with Crippen LogP contribution < -0.4 is 15.0 Å². The summed E-state index contributed by atoms with van der Waals surface area (Å²) in [5.74, 6) is 1.76. The molecule has 0 spiro atoms. The molecule has 0 atom stereocenters. The number of thioether (sulfide) groups is 1. The molecule has 0 radical (unpaired) electrons. The molecule has 3 aromatic rings. The predicted octanol–water partition coefficient (Wildman–Crippen LogP) is 4.00. The fourth-order valence-corrected chi connectivity index (χ4v) is 4.21. The highest BCUT2D eigenvalue weighted by Crippen LogP contribution is 2.28. The Morgan fingerprint density at radius 2 is 1.77 bits per heavy atom. The topological polar surface area (TPSA) is 72.3 Å². The smallest absolute Gasteiger partial charge is 0.234 e. The zero-order valence-corrected chi connectivity index (χ0v) is 17.8. The van der Waals surface area contributed by atoms with Crippen molar-refractivity contribution in [2.24, 2.45) is 0 Å². The van der Waals surface area contributed by atoms with Gasteiger partial charge in [-0.05, 0) is 55.7 Å². The summed E-state index contributed by atoms with van der Waals surface area (Å²) in [6.45, 7) is 1.96. The average molecular weight is 424 g/mol. The number of carbonyl (C=O) groups excluding carboxylic acids is 1. The second-order valence-electron chi connectivity index (χ2n) is 7.07. The Hall–Kier alpha value is -3.00. The molecule has 30 heavy (non-hydrogen) atoms. The summed E-state index contributed by atoms with van der Waals surface area (Å²) in [4.78, 5) is 14.7. The fourth-order valence-electron chi connectivity index (χ4n) is 3.46. The lowest BCUT2D eigenvalue weighted by Gasteiger charge is -2.27. The molecule has 0 saturated carbocycles. The van der Waals surface area contributed by atoms with Gasteiger partial charge in [0.15, 0.2) is 5.16 Å². The molecule has 1 aliphatic heterocycles. The molecule has 1 aliphatic rings. The van der Waals surface area contributed by atoms with Gasteiger partial charge in [0.1, 0.15) is 5.75 Å². The summed E-state index contributed by atoms with van der Waals surface area (Å²) in [6, 6.07) is 17.4. The normalized spacial score (nSPS) is 13.8. The number of aromatic nitrogens is 3. The highest BCUT2D eigenvalue weighted by atomic mass is 32.2. The van der Waals surface area contributed by atoms with Gasteiger partial charge in [0.05, 0.1) is 18.6 Å². The third-order valence-corrected chi connectivity index (χ3v) is 5.90. The number of methoxy groups -OCH3 is 1. The Kier molecular flexibility index (Phi) is 6.53. The van der Waals surface area contributed by atoms with Crippen LogP contribution in [-0.4, -0.2) is 46.6 Å². The van der Waals surface area contributed by atoms with E-state index in [-0.39, 0.29) is 11.7 Å². The summed E-state index contributed by atoms with van der Waals surface area (Å²) < 4.78 is 7.20. The van der Waals surface area contributed by atoms with Gasteiger partial charge in [0, 0.05) is 18.8 Å². The van der Waals surface area contributed by atoms with Crippen LogP contribution in [0.5, 0.6) is 5.75 Å². The van der Waals surface area contributed by atoms with Crippen molar-refractivity contribution in [2.45, 2.75) is 24.4 Å². The van der Waals surface area contributed by atoms with Crippen LogP contribution in [0.15, 0.2) is 59.8 Å². The van der Waals surface area contributed by atoms with Crippen molar-refractivity contribution >= 4 is 29.3 Å². The highest BCUT2D eigenvalue weighted by molar-refractivity contribution is 7.99. The van der Waals surface area contributed by atoms with E-state index in [0.717, 1.165) is 49.0 Å². The van der Waals surface area contributed by atoms with Crippen molar-refractivity contribution < 1.29 is 9.53 Å². The van der Waals surface area contributed by atoms with Crippen LogP contribution in [0.1, 0.15) is 19.3 Å².